The predicted octanol–water partition coefficient (Wildman–Crippen LogP) is 0.579. The van der Waals surface area contributed by atoms with Crippen LogP contribution in [-0.2, 0) is 0 Å². The van der Waals surface area contributed by atoms with Crippen molar-refractivity contribution in [3.63, 3.8) is 0 Å². The fourth-order valence-electron chi connectivity index (χ4n) is 0.770. The highest BCUT2D eigenvalue weighted by Gasteiger charge is 1.85. The molecule has 1 aromatic rings. The van der Waals surface area contributed by atoms with Gasteiger partial charge in [0.05, 0.1) is 6.54 Å². The van der Waals surface area contributed by atoms with E-state index in [1.807, 2.05) is 24.3 Å². The van der Waals surface area contributed by atoms with E-state index in [2.05, 4.69) is 11.8 Å². The second-order valence-electron chi connectivity index (χ2n) is 2.13. The Kier molecular flexibility index (Phi) is 2.53. The van der Waals surface area contributed by atoms with Gasteiger partial charge in [0, 0.05) is 11.3 Å². The van der Waals surface area contributed by atoms with Crippen LogP contribution in [-0.4, -0.2) is 6.54 Å². The summed E-state index contributed by atoms with van der Waals surface area (Å²) in [5.41, 5.74) is 12.4. The number of nitrogens with two attached hydrogens (primary N) is 2. The maximum absolute atomic E-state index is 5.53. The van der Waals surface area contributed by atoms with Crippen molar-refractivity contribution in [3.8, 4) is 11.8 Å². The monoisotopic (exact) mass is 146 g/mol. The lowest BCUT2D eigenvalue weighted by molar-refractivity contribution is 1.30. The third kappa shape index (κ3) is 2.32. The van der Waals surface area contributed by atoms with Gasteiger partial charge < -0.3 is 11.5 Å². The van der Waals surface area contributed by atoms with Gasteiger partial charge in [-0.2, -0.15) is 0 Å². The SMILES string of the molecule is NCC#Cc1cccc(N)c1. The van der Waals surface area contributed by atoms with E-state index in [1.54, 1.807) is 0 Å². The molecule has 0 fully saturated rings. The molecular formula is C9H10N2. The predicted molar refractivity (Wildman–Crippen MR) is 46.8 cm³/mol. The van der Waals surface area contributed by atoms with Crippen molar-refractivity contribution in [2.24, 2.45) is 5.73 Å². The Balaban J connectivity index is 2.87. The number of nitrogen functional groups attached to an aromatic ring is 1. The van der Waals surface area contributed by atoms with Gasteiger partial charge in [0.25, 0.3) is 0 Å². The number of hydrogen-bond donors (Lipinski definition) is 2. The molecule has 0 atom stereocenters. The van der Waals surface area contributed by atoms with Crippen molar-refractivity contribution >= 4 is 5.69 Å². The molecule has 0 spiro atoms. The van der Waals surface area contributed by atoms with Gasteiger partial charge >= 0.3 is 0 Å². The Morgan fingerprint density at radius 1 is 1.36 bits per heavy atom. The van der Waals surface area contributed by atoms with Crippen LogP contribution in [0.2, 0.25) is 0 Å². The van der Waals surface area contributed by atoms with E-state index >= 15 is 0 Å². The number of rotatable bonds is 0. The number of hydrogen-bond acceptors (Lipinski definition) is 2. The first-order valence-corrected chi connectivity index (χ1v) is 3.37. The van der Waals surface area contributed by atoms with Gasteiger partial charge in [-0.1, -0.05) is 17.9 Å². The zero-order chi connectivity index (χ0) is 8.10. The van der Waals surface area contributed by atoms with Crippen molar-refractivity contribution in [1.82, 2.24) is 0 Å². The molecular weight excluding hydrogens is 136 g/mol. The van der Waals surface area contributed by atoms with Crippen LogP contribution in [0.4, 0.5) is 5.69 Å². The maximum atomic E-state index is 5.53. The molecule has 0 radical (unpaired) electrons. The van der Waals surface area contributed by atoms with Gasteiger partial charge in [-0.3, -0.25) is 0 Å². The first-order valence-electron chi connectivity index (χ1n) is 3.37. The van der Waals surface area contributed by atoms with Crippen molar-refractivity contribution in [1.29, 1.82) is 0 Å². The van der Waals surface area contributed by atoms with E-state index in [-0.39, 0.29) is 0 Å². The molecule has 1 aromatic carbocycles. The molecule has 11 heavy (non-hydrogen) atoms. The summed E-state index contributed by atoms with van der Waals surface area (Å²) in [5.74, 6) is 5.64. The summed E-state index contributed by atoms with van der Waals surface area (Å²) >= 11 is 0. The number of benzene rings is 1. The largest absolute Gasteiger partial charge is 0.399 e. The van der Waals surface area contributed by atoms with Crippen molar-refractivity contribution in [2.45, 2.75) is 0 Å². The van der Waals surface area contributed by atoms with Gasteiger partial charge in [0.1, 0.15) is 0 Å². The fraction of sp³-hybridized carbons (Fsp3) is 0.111. The Morgan fingerprint density at radius 3 is 2.82 bits per heavy atom. The highest BCUT2D eigenvalue weighted by molar-refractivity contribution is 5.46. The summed E-state index contributed by atoms with van der Waals surface area (Å²) < 4.78 is 0. The molecule has 2 nitrogen and oxygen atoms in total. The minimum Gasteiger partial charge on any atom is -0.399 e. The Hall–Kier alpha value is -1.46. The minimum atomic E-state index is 0.384. The molecule has 0 heterocycles. The van der Waals surface area contributed by atoms with Crippen LogP contribution in [0.3, 0.4) is 0 Å². The molecule has 0 saturated carbocycles. The molecule has 1 rings (SSSR count). The zero-order valence-corrected chi connectivity index (χ0v) is 6.17. The summed E-state index contributed by atoms with van der Waals surface area (Å²) in [6.45, 7) is 0.384. The zero-order valence-electron chi connectivity index (χ0n) is 6.17. The lowest BCUT2D eigenvalue weighted by Gasteiger charge is -1.91. The lowest BCUT2D eigenvalue weighted by atomic mass is 10.2. The van der Waals surface area contributed by atoms with E-state index in [0.717, 1.165) is 11.3 Å². The molecule has 0 aromatic heterocycles. The average Bonchev–Trinajstić information content (AvgIpc) is 2.01. The Bertz CT molecular complexity index is 294. The van der Waals surface area contributed by atoms with Crippen LogP contribution in [0, 0.1) is 11.8 Å². The summed E-state index contributed by atoms with van der Waals surface area (Å²) in [7, 11) is 0. The third-order valence-electron chi connectivity index (χ3n) is 1.22. The molecule has 0 aliphatic carbocycles. The molecule has 4 N–H and O–H groups in total. The summed E-state index contributed by atoms with van der Waals surface area (Å²) in [5, 5.41) is 0. The molecule has 0 aliphatic heterocycles. The standard InChI is InChI=1S/C9H10N2/c10-6-2-4-8-3-1-5-9(11)7-8/h1,3,5,7H,6,10-11H2. The van der Waals surface area contributed by atoms with Crippen molar-refractivity contribution in [3.05, 3.63) is 29.8 Å². The van der Waals surface area contributed by atoms with Crippen LogP contribution in [0.15, 0.2) is 24.3 Å². The smallest absolute Gasteiger partial charge is 0.0555 e. The van der Waals surface area contributed by atoms with Gasteiger partial charge in [-0.25, -0.2) is 0 Å². The van der Waals surface area contributed by atoms with Crippen LogP contribution in [0.1, 0.15) is 5.56 Å². The summed E-state index contributed by atoms with van der Waals surface area (Å²) in [6.07, 6.45) is 0. The van der Waals surface area contributed by atoms with E-state index < -0.39 is 0 Å². The first-order chi connectivity index (χ1) is 5.33. The molecule has 0 amide bonds. The first kappa shape index (κ1) is 7.64. The average molecular weight is 146 g/mol. The lowest BCUT2D eigenvalue weighted by Crippen LogP contribution is -1.93. The second kappa shape index (κ2) is 3.65. The van der Waals surface area contributed by atoms with Gasteiger partial charge in [0.15, 0.2) is 0 Å². The van der Waals surface area contributed by atoms with Crippen LogP contribution >= 0.6 is 0 Å². The highest BCUT2D eigenvalue weighted by Crippen LogP contribution is 2.03. The minimum absolute atomic E-state index is 0.384. The van der Waals surface area contributed by atoms with E-state index in [4.69, 9.17) is 11.5 Å². The van der Waals surface area contributed by atoms with E-state index in [9.17, 15) is 0 Å². The maximum Gasteiger partial charge on any atom is 0.0555 e. The molecule has 0 saturated heterocycles. The normalized spacial score (nSPS) is 8.45. The van der Waals surface area contributed by atoms with Gasteiger partial charge in [0.2, 0.25) is 0 Å². The molecule has 56 valence electrons. The quantitative estimate of drug-likeness (QED) is 0.415. The highest BCUT2D eigenvalue weighted by atomic mass is 14.5. The fourth-order valence-corrected chi connectivity index (χ4v) is 0.770. The topological polar surface area (TPSA) is 52.0 Å². The van der Waals surface area contributed by atoms with Crippen molar-refractivity contribution in [2.75, 3.05) is 12.3 Å². The van der Waals surface area contributed by atoms with Gasteiger partial charge in [-0.15, -0.1) is 0 Å². The Labute approximate surface area is 66.2 Å². The molecule has 0 bridgehead atoms. The third-order valence-corrected chi connectivity index (χ3v) is 1.22. The number of anilines is 1. The van der Waals surface area contributed by atoms with E-state index in [0.29, 0.717) is 6.54 Å². The van der Waals surface area contributed by atoms with Crippen LogP contribution in [0.25, 0.3) is 0 Å². The van der Waals surface area contributed by atoms with Crippen LogP contribution in [0.5, 0.6) is 0 Å². The van der Waals surface area contributed by atoms with Crippen LogP contribution < -0.4 is 11.5 Å². The van der Waals surface area contributed by atoms with Gasteiger partial charge in [-0.05, 0) is 18.2 Å². The molecule has 0 unspecified atom stereocenters. The van der Waals surface area contributed by atoms with E-state index in [1.165, 1.54) is 0 Å². The summed E-state index contributed by atoms with van der Waals surface area (Å²) in [4.78, 5) is 0. The second-order valence-corrected chi connectivity index (χ2v) is 2.13. The summed E-state index contributed by atoms with van der Waals surface area (Å²) in [6, 6.07) is 7.42. The molecule has 0 aliphatic rings. The Morgan fingerprint density at radius 2 is 2.18 bits per heavy atom. The molecule has 2 heteroatoms. The van der Waals surface area contributed by atoms with Crippen molar-refractivity contribution < 1.29 is 0 Å².